The number of aryl methyl sites for hydroxylation is 1. The predicted molar refractivity (Wildman–Crippen MR) is 159 cm³/mol. The summed E-state index contributed by atoms with van der Waals surface area (Å²) in [5, 5.41) is 5.48. The van der Waals surface area contributed by atoms with Crippen molar-refractivity contribution < 1.29 is 27.5 Å². The van der Waals surface area contributed by atoms with Crippen molar-refractivity contribution in [1.29, 1.82) is 0 Å². The Labute approximate surface area is 242 Å². The lowest BCUT2D eigenvalue weighted by atomic mass is 9.91. The van der Waals surface area contributed by atoms with Crippen molar-refractivity contribution in [2.75, 3.05) is 12.4 Å². The molecule has 0 heterocycles. The minimum Gasteiger partial charge on any atom is -0.469 e. The second-order valence-corrected chi connectivity index (χ2v) is 12.1. The van der Waals surface area contributed by atoms with Gasteiger partial charge in [0.15, 0.2) is 15.6 Å². The largest absolute Gasteiger partial charge is 0.469 e. The number of nitrogens with one attached hydrogen (secondary N) is 2. The molecule has 0 aromatic heterocycles. The summed E-state index contributed by atoms with van der Waals surface area (Å²) in [4.78, 5) is 38.8. The molecule has 0 aliphatic heterocycles. The molecule has 41 heavy (non-hydrogen) atoms. The highest BCUT2D eigenvalue weighted by Crippen LogP contribution is 2.20. The van der Waals surface area contributed by atoms with E-state index < -0.39 is 33.8 Å². The van der Waals surface area contributed by atoms with Crippen molar-refractivity contribution >= 4 is 33.3 Å². The molecule has 9 heteroatoms. The maximum Gasteiger partial charge on any atom is 0.319 e. The van der Waals surface area contributed by atoms with E-state index in [4.69, 9.17) is 4.74 Å². The Morgan fingerprint density at radius 2 is 1.54 bits per heavy atom. The summed E-state index contributed by atoms with van der Waals surface area (Å²) in [5.41, 5.74) is 2.87. The van der Waals surface area contributed by atoms with Gasteiger partial charge >= 0.3 is 12.0 Å². The van der Waals surface area contributed by atoms with Crippen LogP contribution in [0.25, 0.3) is 0 Å². The summed E-state index contributed by atoms with van der Waals surface area (Å²) >= 11 is 0. The maximum atomic E-state index is 13.3. The fourth-order valence-electron chi connectivity index (χ4n) is 4.46. The summed E-state index contributed by atoms with van der Waals surface area (Å²) < 4.78 is 30.4. The third-order valence-electron chi connectivity index (χ3n) is 6.81. The Kier molecular flexibility index (Phi) is 11.6. The average Bonchev–Trinajstić information content (AvgIpc) is 2.96. The zero-order valence-corrected chi connectivity index (χ0v) is 24.6. The van der Waals surface area contributed by atoms with Crippen LogP contribution in [0, 0.1) is 12.8 Å². The number of rotatable bonds is 14. The van der Waals surface area contributed by atoms with Gasteiger partial charge in [-0.1, -0.05) is 79.9 Å². The van der Waals surface area contributed by atoms with E-state index in [-0.39, 0.29) is 29.3 Å². The number of urea groups is 1. The molecule has 0 fully saturated rings. The molecule has 2 amide bonds. The number of benzene rings is 3. The molecule has 218 valence electrons. The van der Waals surface area contributed by atoms with Crippen LogP contribution in [0.3, 0.4) is 0 Å². The number of carbonyl (C=O) groups excluding carboxylic acids is 3. The van der Waals surface area contributed by atoms with Crippen LogP contribution in [0.4, 0.5) is 10.5 Å². The SMILES string of the molecule is CCCC[C@@H](CC(=O)[C@@H](Cc1ccccc1)NC(=O)Nc1ccc(CS(=O)(=O)c2ccc(C)cc2)cc1)C(=O)OC. The molecule has 0 saturated heterocycles. The summed E-state index contributed by atoms with van der Waals surface area (Å²) in [6.45, 7) is 3.90. The van der Waals surface area contributed by atoms with Crippen molar-refractivity contribution in [3.8, 4) is 0 Å². The number of hydrogen-bond acceptors (Lipinski definition) is 6. The Bertz CT molecular complexity index is 1400. The van der Waals surface area contributed by atoms with Crippen LogP contribution < -0.4 is 10.6 Å². The number of ether oxygens (including phenoxy) is 1. The highest BCUT2D eigenvalue weighted by Gasteiger charge is 2.28. The number of unbranched alkanes of at least 4 members (excludes halogenated alkanes) is 1. The van der Waals surface area contributed by atoms with Gasteiger partial charge in [0.2, 0.25) is 0 Å². The number of carbonyl (C=O) groups is 3. The predicted octanol–water partition coefficient (Wildman–Crippen LogP) is 5.64. The number of amides is 2. The van der Waals surface area contributed by atoms with Gasteiger partial charge in [-0.15, -0.1) is 0 Å². The second kappa shape index (κ2) is 15.1. The van der Waals surface area contributed by atoms with E-state index >= 15 is 0 Å². The smallest absolute Gasteiger partial charge is 0.319 e. The van der Waals surface area contributed by atoms with Crippen LogP contribution in [-0.4, -0.2) is 39.4 Å². The van der Waals surface area contributed by atoms with Crippen LogP contribution in [0.15, 0.2) is 83.8 Å². The van der Waals surface area contributed by atoms with E-state index in [1.165, 1.54) is 7.11 Å². The van der Waals surface area contributed by atoms with Gasteiger partial charge in [-0.25, -0.2) is 13.2 Å². The Morgan fingerprint density at radius 3 is 2.15 bits per heavy atom. The molecule has 3 rings (SSSR count). The molecule has 2 atom stereocenters. The van der Waals surface area contributed by atoms with Crippen LogP contribution in [0.2, 0.25) is 0 Å². The van der Waals surface area contributed by atoms with Crippen LogP contribution >= 0.6 is 0 Å². The maximum absolute atomic E-state index is 13.3. The summed E-state index contributed by atoms with van der Waals surface area (Å²) in [5.74, 6) is -1.43. The minimum absolute atomic E-state index is 0.0331. The number of esters is 1. The highest BCUT2D eigenvalue weighted by atomic mass is 32.2. The molecule has 2 N–H and O–H groups in total. The Morgan fingerprint density at radius 1 is 0.878 bits per heavy atom. The minimum atomic E-state index is -3.52. The number of ketones is 1. The molecular weight excluding hydrogens is 540 g/mol. The average molecular weight is 579 g/mol. The lowest BCUT2D eigenvalue weighted by molar-refractivity contribution is -0.147. The monoisotopic (exact) mass is 578 g/mol. The van der Waals surface area contributed by atoms with E-state index in [9.17, 15) is 22.8 Å². The van der Waals surface area contributed by atoms with Crippen molar-refractivity contribution in [2.45, 2.75) is 62.6 Å². The number of Topliss-reactive ketones (excluding diaryl/α,β-unsaturated/α-hetero) is 1. The molecule has 0 aliphatic rings. The van der Waals surface area contributed by atoms with Crippen molar-refractivity contribution in [3.63, 3.8) is 0 Å². The van der Waals surface area contributed by atoms with Gasteiger partial charge in [0.25, 0.3) is 0 Å². The molecule has 8 nitrogen and oxygen atoms in total. The summed E-state index contributed by atoms with van der Waals surface area (Å²) in [7, 11) is -2.21. The quantitative estimate of drug-likeness (QED) is 0.239. The molecule has 3 aromatic rings. The van der Waals surface area contributed by atoms with Gasteiger partial charge in [-0.3, -0.25) is 9.59 Å². The molecule has 0 spiro atoms. The van der Waals surface area contributed by atoms with E-state index in [1.807, 2.05) is 44.2 Å². The second-order valence-electron chi connectivity index (χ2n) is 10.1. The van der Waals surface area contributed by atoms with E-state index in [1.54, 1.807) is 48.5 Å². The van der Waals surface area contributed by atoms with E-state index in [0.29, 0.717) is 17.7 Å². The zero-order chi connectivity index (χ0) is 29.8. The number of hydrogen-bond donors (Lipinski definition) is 2. The number of methoxy groups -OCH3 is 1. The van der Waals surface area contributed by atoms with Crippen molar-refractivity contribution in [3.05, 3.63) is 95.6 Å². The first-order valence-corrected chi connectivity index (χ1v) is 15.4. The van der Waals surface area contributed by atoms with Gasteiger partial charge in [-0.05, 0) is 55.2 Å². The first-order valence-electron chi connectivity index (χ1n) is 13.7. The summed E-state index contributed by atoms with van der Waals surface area (Å²) in [6, 6.07) is 21.1. The number of anilines is 1. The molecule has 0 radical (unpaired) electrons. The molecule has 0 bridgehead atoms. The molecule has 0 aliphatic carbocycles. The first-order chi connectivity index (χ1) is 19.6. The van der Waals surface area contributed by atoms with E-state index in [2.05, 4.69) is 10.6 Å². The molecule has 0 unspecified atom stereocenters. The Hall–Kier alpha value is -3.98. The Balaban J connectivity index is 1.68. The topological polar surface area (TPSA) is 119 Å². The van der Waals surface area contributed by atoms with Gasteiger partial charge in [0.1, 0.15) is 0 Å². The highest BCUT2D eigenvalue weighted by molar-refractivity contribution is 7.90. The van der Waals surface area contributed by atoms with Crippen LogP contribution in [0.1, 0.15) is 49.3 Å². The fourth-order valence-corrected chi connectivity index (χ4v) is 5.81. The fraction of sp³-hybridized carbons (Fsp3) is 0.344. The van der Waals surface area contributed by atoms with Crippen LogP contribution in [-0.2, 0) is 36.3 Å². The third kappa shape index (κ3) is 9.86. The standard InChI is InChI=1S/C32H38N2O6S/c1-4-5-11-26(31(36)40-3)21-30(35)29(20-24-9-7-6-8-10-24)34-32(37)33-27-16-14-25(15-17-27)22-41(38,39)28-18-12-23(2)13-19-28/h6-10,12-19,26,29H,4-5,11,20-22H2,1-3H3,(H2,33,34,37)/t26-,29+/m0/s1. The normalized spacial score (nSPS) is 12.7. The van der Waals surface area contributed by atoms with Gasteiger partial charge in [0.05, 0.1) is 29.7 Å². The molecule has 3 aromatic carbocycles. The van der Waals surface area contributed by atoms with Crippen LogP contribution in [0.5, 0.6) is 0 Å². The lowest BCUT2D eigenvalue weighted by Crippen LogP contribution is -2.45. The first kappa shape index (κ1) is 31.5. The van der Waals surface area contributed by atoms with Crippen molar-refractivity contribution in [1.82, 2.24) is 5.32 Å². The molecular formula is C32H38N2O6S. The van der Waals surface area contributed by atoms with Gasteiger partial charge < -0.3 is 15.4 Å². The van der Waals surface area contributed by atoms with Crippen molar-refractivity contribution in [2.24, 2.45) is 5.92 Å². The van der Waals surface area contributed by atoms with Gasteiger partial charge in [-0.2, -0.15) is 0 Å². The van der Waals surface area contributed by atoms with Gasteiger partial charge in [0, 0.05) is 12.1 Å². The zero-order valence-electron chi connectivity index (χ0n) is 23.8. The third-order valence-corrected chi connectivity index (χ3v) is 8.52. The number of sulfone groups is 1. The summed E-state index contributed by atoms with van der Waals surface area (Å²) in [6.07, 6.45) is 2.43. The molecule has 0 saturated carbocycles. The van der Waals surface area contributed by atoms with E-state index in [0.717, 1.165) is 24.0 Å². The lowest BCUT2D eigenvalue weighted by Gasteiger charge is -2.21.